The van der Waals surface area contributed by atoms with Gasteiger partial charge in [0.1, 0.15) is 0 Å². The number of benzene rings is 1. The first-order chi connectivity index (χ1) is 13.9. The number of thioether (sulfide) groups is 1. The van der Waals surface area contributed by atoms with E-state index in [0.29, 0.717) is 17.6 Å². The van der Waals surface area contributed by atoms with E-state index >= 15 is 0 Å². The summed E-state index contributed by atoms with van der Waals surface area (Å²) < 4.78 is 18.0. The molecular weight excluding hydrogens is 563 g/mol. The molecule has 3 heterocycles. The van der Waals surface area contributed by atoms with E-state index in [4.69, 9.17) is 10.7 Å². The Morgan fingerprint density at radius 2 is 2.14 bits per heavy atom. The summed E-state index contributed by atoms with van der Waals surface area (Å²) in [6, 6.07) is 4.58. The minimum atomic E-state index is -0.790. The molecule has 0 bridgehead atoms. The van der Waals surface area contributed by atoms with Gasteiger partial charge in [-0.25, -0.2) is 0 Å². The zero-order valence-electron chi connectivity index (χ0n) is 16.5. The molecule has 1 aliphatic heterocycles. The van der Waals surface area contributed by atoms with E-state index in [9.17, 15) is 4.39 Å². The van der Waals surface area contributed by atoms with Crippen LogP contribution in [0.15, 0.2) is 17.0 Å². The molecule has 2 N–H and O–H groups in total. The second kappa shape index (κ2) is 9.10. The number of fused-ring (bicyclic) bond motifs is 2. The molecule has 2 aromatic heterocycles. The van der Waals surface area contributed by atoms with Crippen molar-refractivity contribution in [2.45, 2.75) is 54.5 Å². The van der Waals surface area contributed by atoms with E-state index < -0.39 is 6.08 Å². The quantitative estimate of drug-likeness (QED) is 0.191. The average molecular weight is 587 g/mol. The van der Waals surface area contributed by atoms with Gasteiger partial charge in [-0.2, -0.15) is 0 Å². The van der Waals surface area contributed by atoms with Crippen molar-refractivity contribution >= 4 is 67.1 Å². The predicted octanol–water partition coefficient (Wildman–Crippen LogP) is 4.46. The second-order valence-electron chi connectivity index (χ2n) is 7.52. The molecular formula is C20H24AsFIN5S. The maximum absolute atomic E-state index is 13.9. The summed E-state index contributed by atoms with van der Waals surface area (Å²) in [5.74, 6) is 2.15. The number of anilines is 1. The molecule has 1 aliphatic rings. The molecule has 0 saturated carbocycles. The third kappa shape index (κ3) is 4.74. The summed E-state index contributed by atoms with van der Waals surface area (Å²) in [6.07, 6.45) is 2.09. The summed E-state index contributed by atoms with van der Waals surface area (Å²) in [6.45, 7) is 5.36. The zero-order valence-corrected chi connectivity index (χ0v) is 21.6. The van der Waals surface area contributed by atoms with E-state index in [1.54, 1.807) is 0 Å². The van der Waals surface area contributed by atoms with Crippen molar-refractivity contribution in [3.05, 3.63) is 38.7 Å². The molecule has 1 atom stereocenters. The molecule has 9 heteroatoms. The molecule has 0 amide bonds. The van der Waals surface area contributed by atoms with Crippen LogP contribution in [0.3, 0.4) is 0 Å². The first-order valence-corrected chi connectivity index (χ1v) is 14.5. The number of nitrogen functional groups attached to an aromatic ring is 1. The van der Waals surface area contributed by atoms with Crippen LogP contribution >= 0.6 is 34.4 Å². The number of aryl methyl sites for hydroxylation is 2. The molecule has 0 spiro atoms. The van der Waals surface area contributed by atoms with Crippen LogP contribution in [-0.4, -0.2) is 41.0 Å². The predicted molar refractivity (Wildman–Crippen MR) is 128 cm³/mol. The summed E-state index contributed by atoms with van der Waals surface area (Å²) in [7, 11) is 0. The number of halogens is 2. The molecule has 0 fully saturated rings. The van der Waals surface area contributed by atoms with Crippen molar-refractivity contribution in [1.29, 1.82) is 0 Å². The van der Waals surface area contributed by atoms with Crippen LogP contribution in [0.25, 0.3) is 11.2 Å². The number of hydrogen-bond donors (Lipinski definition) is 1. The zero-order chi connectivity index (χ0) is 20.5. The Hall–Kier alpha value is -0.862. The van der Waals surface area contributed by atoms with Crippen LogP contribution in [0.1, 0.15) is 37.2 Å². The van der Waals surface area contributed by atoms with E-state index in [-0.39, 0.29) is 21.6 Å². The van der Waals surface area contributed by atoms with Crippen LogP contribution in [0.4, 0.5) is 10.2 Å². The van der Waals surface area contributed by atoms with Gasteiger partial charge < -0.3 is 0 Å². The first-order valence-electron chi connectivity index (χ1n) is 9.78. The maximum atomic E-state index is 13.9. The van der Waals surface area contributed by atoms with Gasteiger partial charge in [0.15, 0.2) is 0 Å². The molecule has 29 heavy (non-hydrogen) atoms. The average Bonchev–Trinajstić information content (AvgIpc) is 3.23. The summed E-state index contributed by atoms with van der Waals surface area (Å²) in [5.41, 5.74) is 9.67. The van der Waals surface area contributed by atoms with Gasteiger partial charge in [-0.3, -0.25) is 0 Å². The van der Waals surface area contributed by atoms with Crippen LogP contribution in [0.5, 0.6) is 0 Å². The standard InChI is InChI=1S/C20H24AsFIN5S/c1-11(2)21-5-3-6-28-16(25-17-18(24)26-20(22)27-19(17)28)10-13-9-15-12(4-7-29-15)8-14(13)23/h8-9,11,21H,3-7,10H2,1-2H3,(H2,24,26,27). The second-order valence-corrected chi connectivity index (χ2v) is 14.1. The van der Waals surface area contributed by atoms with Crippen LogP contribution in [0.2, 0.25) is 9.91 Å². The monoisotopic (exact) mass is 587 g/mol. The number of hydrogen-bond acceptors (Lipinski definition) is 5. The fourth-order valence-electron chi connectivity index (χ4n) is 3.58. The SMILES string of the molecule is CC(C)[AsH]CCCn1c(Cc2cc3c(cc2I)CCS3)nc2c(N)nc(F)nc21. The molecule has 5 nitrogen and oxygen atoms in total. The summed E-state index contributed by atoms with van der Waals surface area (Å²) >= 11 is 4.38. The topological polar surface area (TPSA) is 69.6 Å². The van der Waals surface area contributed by atoms with Gasteiger partial charge in [0.25, 0.3) is 0 Å². The van der Waals surface area contributed by atoms with Crippen molar-refractivity contribution in [2.75, 3.05) is 11.5 Å². The molecule has 1 unspecified atom stereocenters. The van der Waals surface area contributed by atoms with Gasteiger partial charge >= 0.3 is 196 Å². The fraction of sp³-hybridized carbons (Fsp3) is 0.450. The molecule has 154 valence electrons. The Morgan fingerprint density at radius 1 is 1.31 bits per heavy atom. The van der Waals surface area contributed by atoms with Gasteiger partial charge in [-0.1, -0.05) is 0 Å². The van der Waals surface area contributed by atoms with Gasteiger partial charge in [0, 0.05) is 0 Å². The number of nitrogens with two attached hydrogens (primary N) is 1. The van der Waals surface area contributed by atoms with E-state index in [1.807, 2.05) is 11.8 Å². The Labute approximate surface area is 194 Å². The third-order valence-electron chi connectivity index (χ3n) is 4.99. The van der Waals surface area contributed by atoms with Crippen molar-refractivity contribution < 1.29 is 4.39 Å². The van der Waals surface area contributed by atoms with Crippen molar-refractivity contribution in [3.8, 4) is 0 Å². The van der Waals surface area contributed by atoms with Gasteiger partial charge in [0.2, 0.25) is 0 Å². The van der Waals surface area contributed by atoms with Gasteiger partial charge in [0.05, 0.1) is 0 Å². The minimum absolute atomic E-state index is 0.0530. The Bertz CT molecular complexity index is 1060. The molecule has 1 aromatic carbocycles. The van der Waals surface area contributed by atoms with E-state index in [0.717, 1.165) is 35.7 Å². The van der Waals surface area contributed by atoms with E-state index in [2.05, 4.69) is 63.1 Å². The third-order valence-corrected chi connectivity index (χ3v) is 10.2. The molecule has 4 rings (SSSR count). The molecule has 0 aliphatic carbocycles. The first kappa shape index (κ1) is 21.4. The van der Waals surface area contributed by atoms with E-state index in [1.165, 1.54) is 24.8 Å². The molecule has 0 radical (unpaired) electrons. The molecule has 3 aromatic rings. The van der Waals surface area contributed by atoms with Crippen LogP contribution in [-0.2, 0) is 19.4 Å². The molecule has 0 saturated heterocycles. The van der Waals surface area contributed by atoms with Crippen molar-refractivity contribution in [3.63, 3.8) is 0 Å². The van der Waals surface area contributed by atoms with Gasteiger partial charge in [-0.05, 0) is 0 Å². The fourth-order valence-corrected chi connectivity index (χ4v) is 7.39. The van der Waals surface area contributed by atoms with Crippen LogP contribution < -0.4 is 5.73 Å². The Balaban J connectivity index is 1.69. The summed E-state index contributed by atoms with van der Waals surface area (Å²) in [5, 5.41) is 1.24. The number of imidazole rings is 1. The van der Waals surface area contributed by atoms with Crippen molar-refractivity contribution in [2.24, 2.45) is 0 Å². The number of nitrogens with zero attached hydrogens (tertiary/aromatic N) is 4. The van der Waals surface area contributed by atoms with Gasteiger partial charge in [-0.15, -0.1) is 0 Å². The van der Waals surface area contributed by atoms with Crippen molar-refractivity contribution in [1.82, 2.24) is 19.5 Å². The van der Waals surface area contributed by atoms with Crippen LogP contribution in [0, 0.1) is 9.65 Å². The Morgan fingerprint density at radius 3 is 2.93 bits per heavy atom. The Kier molecular flexibility index (Phi) is 6.71. The summed E-state index contributed by atoms with van der Waals surface area (Å²) in [4.78, 5) is 13.8. The number of aromatic nitrogens is 4. The normalized spacial score (nSPS) is 14.0. The number of rotatable bonds is 7.